The summed E-state index contributed by atoms with van der Waals surface area (Å²) in [4.78, 5) is 12.0. The van der Waals surface area contributed by atoms with Gasteiger partial charge in [0.1, 0.15) is 0 Å². The van der Waals surface area contributed by atoms with Crippen LogP contribution in [0.15, 0.2) is 24.3 Å². The first kappa shape index (κ1) is 15.0. The molecule has 0 unspecified atom stereocenters. The number of aliphatic hydroxyl groups is 1. The molecule has 0 aliphatic heterocycles. The van der Waals surface area contributed by atoms with Gasteiger partial charge in [0.2, 0.25) is 0 Å². The van der Waals surface area contributed by atoms with E-state index in [1.165, 1.54) is 0 Å². The van der Waals surface area contributed by atoms with E-state index in [-0.39, 0.29) is 5.91 Å². The third-order valence-corrected chi connectivity index (χ3v) is 4.43. The standard InChI is InChI=1S/C17H25NO2/c1-13-4-6-14(7-5-13)15(19)18-12-17(20)10-8-16(2,3)9-11-17/h4-7,20H,8-12H2,1-3H3,(H,18,19). The van der Waals surface area contributed by atoms with Gasteiger partial charge in [0.05, 0.1) is 5.60 Å². The molecule has 3 heteroatoms. The van der Waals surface area contributed by atoms with E-state index in [0.717, 1.165) is 31.2 Å². The van der Waals surface area contributed by atoms with Crippen molar-refractivity contribution in [2.45, 2.75) is 52.1 Å². The zero-order valence-corrected chi connectivity index (χ0v) is 12.7. The molecule has 110 valence electrons. The number of carbonyl (C=O) groups is 1. The minimum Gasteiger partial charge on any atom is -0.388 e. The Morgan fingerprint density at radius 3 is 2.25 bits per heavy atom. The average molecular weight is 275 g/mol. The summed E-state index contributed by atoms with van der Waals surface area (Å²) in [7, 11) is 0. The third kappa shape index (κ3) is 3.83. The quantitative estimate of drug-likeness (QED) is 0.890. The number of hydrogen-bond donors (Lipinski definition) is 2. The number of amides is 1. The molecular weight excluding hydrogens is 250 g/mol. The van der Waals surface area contributed by atoms with Gasteiger partial charge >= 0.3 is 0 Å². The van der Waals surface area contributed by atoms with E-state index in [9.17, 15) is 9.90 Å². The zero-order chi connectivity index (χ0) is 14.8. The number of rotatable bonds is 3. The van der Waals surface area contributed by atoms with E-state index in [2.05, 4.69) is 19.2 Å². The highest BCUT2D eigenvalue weighted by Gasteiger charge is 2.36. The summed E-state index contributed by atoms with van der Waals surface area (Å²) in [5.41, 5.74) is 1.35. The number of aryl methyl sites for hydroxylation is 1. The van der Waals surface area contributed by atoms with Crippen molar-refractivity contribution in [2.75, 3.05) is 6.54 Å². The minimum absolute atomic E-state index is 0.108. The lowest BCUT2D eigenvalue weighted by Crippen LogP contribution is -2.46. The van der Waals surface area contributed by atoms with Crippen molar-refractivity contribution < 1.29 is 9.90 Å². The molecule has 2 N–H and O–H groups in total. The maximum absolute atomic E-state index is 12.0. The molecule has 0 radical (unpaired) electrons. The Kier molecular flexibility index (Phi) is 4.19. The topological polar surface area (TPSA) is 49.3 Å². The highest BCUT2D eigenvalue weighted by Crippen LogP contribution is 2.39. The monoisotopic (exact) mass is 275 g/mol. The Hall–Kier alpha value is -1.35. The van der Waals surface area contributed by atoms with Crippen molar-refractivity contribution in [3.63, 3.8) is 0 Å². The largest absolute Gasteiger partial charge is 0.388 e. The molecule has 0 heterocycles. The summed E-state index contributed by atoms with van der Waals surface area (Å²) in [6, 6.07) is 7.48. The third-order valence-electron chi connectivity index (χ3n) is 4.43. The molecule has 1 saturated carbocycles. The molecule has 1 aliphatic rings. The van der Waals surface area contributed by atoms with Gasteiger partial charge in [-0.2, -0.15) is 0 Å². The molecule has 2 rings (SSSR count). The first-order chi connectivity index (χ1) is 9.30. The van der Waals surface area contributed by atoms with Gasteiger partial charge in [0.15, 0.2) is 0 Å². The highest BCUT2D eigenvalue weighted by molar-refractivity contribution is 5.94. The average Bonchev–Trinajstić information content (AvgIpc) is 2.41. The maximum atomic E-state index is 12.0. The summed E-state index contributed by atoms with van der Waals surface area (Å²) >= 11 is 0. The van der Waals surface area contributed by atoms with Crippen molar-refractivity contribution in [1.29, 1.82) is 0 Å². The molecule has 0 aromatic heterocycles. The van der Waals surface area contributed by atoms with Gasteiger partial charge in [-0.05, 0) is 50.2 Å². The van der Waals surface area contributed by atoms with E-state index < -0.39 is 5.60 Å². The van der Waals surface area contributed by atoms with Gasteiger partial charge in [0.25, 0.3) is 5.91 Å². The minimum atomic E-state index is -0.740. The molecule has 0 atom stereocenters. The van der Waals surface area contributed by atoms with Gasteiger partial charge in [0, 0.05) is 12.1 Å². The molecule has 0 saturated heterocycles. The Morgan fingerprint density at radius 2 is 1.70 bits per heavy atom. The molecule has 1 amide bonds. The fourth-order valence-corrected chi connectivity index (χ4v) is 2.62. The predicted molar refractivity (Wildman–Crippen MR) is 80.7 cm³/mol. The molecule has 3 nitrogen and oxygen atoms in total. The van der Waals surface area contributed by atoms with Crippen molar-refractivity contribution in [2.24, 2.45) is 5.41 Å². The van der Waals surface area contributed by atoms with Crippen LogP contribution in [0.2, 0.25) is 0 Å². The zero-order valence-electron chi connectivity index (χ0n) is 12.7. The van der Waals surface area contributed by atoms with Crippen LogP contribution in [0.1, 0.15) is 55.5 Å². The SMILES string of the molecule is Cc1ccc(C(=O)NCC2(O)CCC(C)(C)CC2)cc1. The molecule has 20 heavy (non-hydrogen) atoms. The van der Waals surface area contributed by atoms with Gasteiger partial charge in [-0.1, -0.05) is 31.5 Å². The maximum Gasteiger partial charge on any atom is 0.251 e. The van der Waals surface area contributed by atoms with Crippen molar-refractivity contribution in [3.8, 4) is 0 Å². The van der Waals surface area contributed by atoms with Gasteiger partial charge in [-0.3, -0.25) is 4.79 Å². The lowest BCUT2D eigenvalue weighted by atomic mass is 9.71. The molecule has 1 aliphatic carbocycles. The number of nitrogens with one attached hydrogen (secondary N) is 1. The summed E-state index contributed by atoms with van der Waals surface area (Å²) in [5, 5.41) is 13.4. The number of carbonyl (C=O) groups excluding carboxylic acids is 1. The normalized spacial score (nSPS) is 20.4. The molecule has 1 fully saturated rings. The first-order valence-electron chi connectivity index (χ1n) is 7.37. The second-order valence-electron chi connectivity index (χ2n) is 6.94. The molecule has 1 aromatic carbocycles. The van der Waals surface area contributed by atoms with Crippen LogP contribution >= 0.6 is 0 Å². The lowest BCUT2D eigenvalue weighted by molar-refractivity contribution is -0.0233. The summed E-state index contributed by atoms with van der Waals surface area (Å²) in [6.07, 6.45) is 3.52. The van der Waals surface area contributed by atoms with Crippen LogP contribution in [0, 0.1) is 12.3 Å². The van der Waals surface area contributed by atoms with E-state index in [1.54, 1.807) is 0 Å². The van der Waals surface area contributed by atoms with Crippen LogP contribution < -0.4 is 5.32 Å². The van der Waals surface area contributed by atoms with Gasteiger partial charge in [-0.25, -0.2) is 0 Å². The second-order valence-corrected chi connectivity index (χ2v) is 6.94. The van der Waals surface area contributed by atoms with Gasteiger partial charge < -0.3 is 10.4 Å². The molecular formula is C17H25NO2. The second kappa shape index (κ2) is 5.57. The fraction of sp³-hybridized carbons (Fsp3) is 0.588. The number of benzene rings is 1. The number of hydrogen-bond acceptors (Lipinski definition) is 2. The van der Waals surface area contributed by atoms with Crippen molar-refractivity contribution in [3.05, 3.63) is 35.4 Å². The molecule has 0 bridgehead atoms. The van der Waals surface area contributed by atoms with Crippen LogP contribution in [0.25, 0.3) is 0 Å². The first-order valence-corrected chi connectivity index (χ1v) is 7.37. The smallest absolute Gasteiger partial charge is 0.251 e. The Bertz CT molecular complexity index is 466. The van der Waals surface area contributed by atoms with Crippen LogP contribution in [0.4, 0.5) is 0 Å². The Balaban J connectivity index is 1.89. The summed E-state index contributed by atoms with van der Waals surface area (Å²) < 4.78 is 0. The lowest BCUT2D eigenvalue weighted by Gasteiger charge is -2.40. The summed E-state index contributed by atoms with van der Waals surface area (Å²) in [6.45, 7) is 6.80. The van der Waals surface area contributed by atoms with E-state index in [0.29, 0.717) is 17.5 Å². The summed E-state index contributed by atoms with van der Waals surface area (Å²) in [5.74, 6) is -0.108. The molecule has 0 spiro atoms. The molecule has 1 aromatic rings. The predicted octanol–water partition coefficient (Wildman–Crippen LogP) is 3.06. The van der Waals surface area contributed by atoms with Gasteiger partial charge in [-0.15, -0.1) is 0 Å². The Morgan fingerprint density at radius 1 is 1.15 bits per heavy atom. The van der Waals surface area contributed by atoms with Crippen molar-refractivity contribution in [1.82, 2.24) is 5.32 Å². The fourth-order valence-electron chi connectivity index (χ4n) is 2.62. The van der Waals surface area contributed by atoms with E-state index in [1.807, 2.05) is 31.2 Å². The Labute approximate surface area is 121 Å². The van der Waals surface area contributed by atoms with E-state index in [4.69, 9.17) is 0 Å². The van der Waals surface area contributed by atoms with Crippen LogP contribution in [-0.4, -0.2) is 23.2 Å². The van der Waals surface area contributed by atoms with Crippen LogP contribution in [0.5, 0.6) is 0 Å². The van der Waals surface area contributed by atoms with E-state index >= 15 is 0 Å². The van der Waals surface area contributed by atoms with Crippen molar-refractivity contribution >= 4 is 5.91 Å². The van der Waals surface area contributed by atoms with Crippen LogP contribution in [0.3, 0.4) is 0 Å². The van der Waals surface area contributed by atoms with Crippen LogP contribution in [-0.2, 0) is 0 Å². The highest BCUT2D eigenvalue weighted by atomic mass is 16.3.